The van der Waals surface area contributed by atoms with Crippen molar-refractivity contribution in [3.8, 4) is 0 Å². The number of carboxylic acid groups (broad SMARTS) is 2. The quantitative estimate of drug-likeness (QED) is 0.185. The number of nitrogens with two attached hydrogens (primary N) is 1. The van der Waals surface area contributed by atoms with Crippen LogP contribution in [0.1, 0.15) is 26.7 Å². The molecule has 0 saturated heterocycles. The lowest BCUT2D eigenvalue weighted by Gasteiger charge is -2.28. The van der Waals surface area contributed by atoms with E-state index >= 15 is 0 Å². The van der Waals surface area contributed by atoms with Gasteiger partial charge in [-0.1, -0.05) is 0 Å². The lowest BCUT2D eigenvalue weighted by molar-refractivity contribution is -0.139. The number of thioether (sulfide) groups is 1. The average molecular weight is 407 g/mol. The van der Waals surface area contributed by atoms with Crippen molar-refractivity contribution in [2.75, 3.05) is 12.3 Å². The first-order valence-corrected chi connectivity index (χ1v) is 8.93. The van der Waals surface area contributed by atoms with Crippen LogP contribution in [0.2, 0.25) is 0 Å². The standard InChI is InChI=1S/C15H25N3O8S/c1-15(2,10(20)6-19)27-7-9(13(24)17-5-12(22)23)18-11(21)4-3-8(16)14(25)26/h6,8-10,20H,3-5,7,16H2,1-2H3,(H,17,24)(H,18,21)(H,22,23)(H,25,26). The summed E-state index contributed by atoms with van der Waals surface area (Å²) in [5, 5.41) is 31.5. The van der Waals surface area contributed by atoms with Crippen LogP contribution in [0.15, 0.2) is 0 Å². The molecule has 11 nitrogen and oxygen atoms in total. The molecule has 0 aromatic carbocycles. The van der Waals surface area contributed by atoms with Crippen molar-refractivity contribution in [2.45, 2.75) is 49.6 Å². The molecule has 0 radical (unpaired) electrons. The lowest BCUT2D eigenvalue weighted by atomic mass is 10.1. The molecular formula is C15H25N3O8S. The van der Waals surface area contributed by atoms with E-state index in [9.17, 15) is 29.1 Å². The third kappa shape index (κ3) is 9.92. The molecule has 7 N–H and O–H groups in total. The number of carboxylic acids is 2. The van der Waals surface area contributed by atoms with Crippen LogP contribution in [0.4, 0.5) is 0 Å². The minimum absolute atomic E-state index is 0.0555. The fourth-order valence-corrected chi connectivity index (χ4v) is 2.75. The maximum absolute atomic E-state index is 12.1. The van der Waals surface area contributed by atoms with Gasteiger partial charge in [0.2, 0.25) is 11.8 Å². The molecule has 0 spiro atoms. The van der Waals surface area contributed by atoms with Gasteiger partial charge in [-0.25, -0.2) is 0 Å². The number of carbonyl (C=O) groups is 5. The second kappa shape index (κ2) is 11.5. The van der Waals surface area contributed by atoms with Gasteiger partial charge in [0.15, 0.2) is 0 Å². The van der Waals surface area contributed by atoms with Gasteiger partial charge in [-0.05, 0) is 20.3 Å². The summed E-state index contributed by atoms with van der Waals surface area (Å²) in [6.45, 7) is 2.48. The number of nitrogens with one attached hydrogen (secondary N) is 2. The first-order chi connectivity index (χ1) is 12.4. The zero-order valence-corrected chi connectivity index (χ0v) is 15.8. The maximum Gasteiger partial charge on any atom is 0.322 e. The van der Waals surface area contributed by atoms with Crippen LogP contribution >= 0.6 is 11.8 Å². The van der Waals surface area contributed by atoms with Crippen molar-refractivity contribution in [1.82, 2.24) is 10.6 Å². The summed E-state index contributed by atoms with van der Waals surface area (Å²) >= 11 is 1.03. The molecule has 0 heterocycles. The summed E-state index contributed by atoms with van der Waals surface area (Å²) in [6.07, 6.45) is -1.36. The number of aliphatic carboxylic acids is 2. The van der Waals surface area contributed by atoms with Gasteiger partial charge in [0, 0.05) is 16.9 Å². The summed E-state index contributed by atoms with van der Waals surface area (Å²) in [7, 11) is 0. The number of aliphatic hydroxyl groups excluding tert-OH is 1. The van der Waals surface area contributed by atoms with Gasteiger partial charge in [0.1, 0.15) is 31.0 Å². The number of hydrogen-bond acceptors (Lipinski definition) is 8. The fourth-order valence-electron chi connectivity index (χ4n) is 1.69. The van der Waals surface area contributed by atoms with Crippen LogP contribution in [0, 0.1) is 0 Å². The number of carbonyl (C=O) groups excluding carboxylic acids is 3. The van der Waals surface area contributed by atoms with Gasteiger partial charge < -0.3 is 36.5 Å². The number of aliphatic hydroxyl groups is 1. The Balaban J connectivity index is 4.94. The molecule has 0 aliphatic rings. The van der Waals surface area contributed by atoms with Gasteiger partial charge in [-0.2, -0.15) is 0 Å². The smallest absolute Gasteiger partial charge is 0.322 e. The molecule has 0 saturated carbocycles. The molecule has 0 aromatic rings. The van der Waals surface area contributed by atoms with Crippen molar-refractivity contribution >= 4 is 41.8 Å². The molecular weight excluding hydrogens is 382 g/mol. The molecule has 0 rings (SSSR count). The molecule has 12 heteroatoms. The summed E-state index contributed by atoms with van der Waals surface area (Å²) in [6, 6.07) is -2.38. The Bertz CT molecular complexity index is 569. The van der Waals surface area contributed by atoms with E-state index in [1.165, 1.54) is 0 Å². The number of hydrogen-bond donors (Lipinski definition) is 6. The van der Waals surface area contributed by atoms with E-state index in [1.807, 2.05) is 0 Å². The molecule has 3 unspecified atom stereocenters. The van der Waals surface area contributed by atoms with Crippen molar-refractivity contribution in [3.05, 3.63) is 0 Å². The molecule has 0 fully saturated rings. The van der Waals surface area contributed by atoms with Crippen molar-refractivity contribution < 1.29 is 39.3 Å². The molecule has 27 heavy (non-hydrogen) atoms. The summed E-state index contributed by atoms with van der Waals surface area (Å²) in [4.78, 5) is 56.1. The average Bonchev–Trinajstić information content (AvgIpc) is 2.59. The van der Waals surface area contributed by atoms with Crippen LogP contribution in [0.5, 0.6) is 0 Å². The minimum atomic E-state index is -1.31. The highest BCUT2D eigenvalue weighted by Crippen LogP contribution is 2.28. The van der Waals surface area contributed by atoms with Crippen molar-refractivity contribution in [2.24, 2.45) is 5.73 Å². The zero-order valence-electron chi connectivity index (χ0n) is 15.0. The number of rotatable bonds is 13. The van der Waals surface area contributed by atoms with E-state index in [0.717, 1.165) is 11.8 Å². The van der Waals surface area contributed by atoms with Crippen LogP contribution in [-0.2, 0) is 24.0 Å². The lowest BCUT2D eigenvalue weighted by Crippen LogP contribution is -2.50. The molecule has 0 aliphatic carbocycles. The molecule has 154 valence electrons. The topological polar surface area (TPSA) is 196 Å². The predicted octanol–water partition coefficient (Wildman–Crippen LogP) is -2.06. The van der Waals surface area contributed by atoms with Crippen LogP contribution in [0.3, 0.4) is 0 Å². The Morgan fingerprint density at radius 2 is 1.81 bits per heavy atom. The van der Waals surface area contributed by atoms with Crippen LogP contribution in [-0.4, -0.2) is 80.6 Å². The van der Waals surface area contributed by atoms with E-state index in [1.54, 1.807) is 13.8 Å². The maximum atomic E-state index is 12.1. The Morgan fingerprint density at radius 1 is 1.22 bits per heavy atom. The highest BCUT2D eigenvalue weighted by Gasteiger charge is 2.31. The molecule has 0 aliphatic heterocycles. The van der Waals surface area contributed by atoms with E-state index in [-0.39, 0.29) is 18.6 Å². The van der Waals surface area contributed by atoms with Gasteiger partial charge >= 0.3 is 11.9 Å². The molecule has 0 aromatic heterocycles. The Hall–Kier alpha value is -2.18. The van der Waals surface area contributed by atoms with Gasteiger partial charge in [-0.15, -0.1) is 11.8 Å². The fraction of sp³-hybridized carbons (Fsp3) is 0.667. The summed E-state index contributed by atoms with van der Waals surface area (Å²) < 4.78 is -0.955. The second-order valence-electron chi connectivity index (χ2n) is 6.21. The van der Waals surface area contributed by atoms with Gasteiger partial charge in [-0.3, -0.25) is 19.2 Å². The third-order valence-electron chi connectivity index (χ3n) is 3.53. The van der Waals surface area contributed by atoms with Gasteiger partial charge in [0.05, 0.1) is 0 Å². The van der Waals surface area contributed by atoms with E-state index in [0.29, 0.717) is 6.29 Å². The Labute approximate surface area is 160 Å². The first-order valence-electron chi connectivity index (χ1n) is 7.95. The third-order valence-corrected chi connectivity index (χ3v) is 5.01. The number of aldehydes is 1. The predicted molar refractivity (Wildman–Crippen MR) is 96.0 cm³/mol. The van der Waals surface area contributed by atoms with E-state index in [2.05, 4.69) is 10.6 Å². The van der Waals surface area contributed by atoms with Crippen LogP contribution in [0.25, 0.3) is 0 Å². The minimum Gasteiger partial charge on any atom is -0.480 e. The largest absolute Gasteiger partial charge is 0.480 e. The Kier molecular flexibility index (Phi) is 10.6. The van der Waals surface area contributed by atoms with E-state index < -0.39 is 53.2 Å². The highest BCUT2D eigenvalue weighted by molar-refractivity contribution is 8.00. The SMILES string of the molecule is CC(C)(SCC(NC(=O)CCC(N)C(=O)O)C(=O)NCC(=O)O)C(O)C=O. The molecule has 3 atom stereocenters. The zero-order chi connectivity index (χ0) is 21.2. The molecule has 2 amide bonds. The first kappa shape index (κ1) is 24.8. The van der Waals surface area contributed by atoms with Crippen LogP contribution < -0.4 is 16.4 Å². The van der Waals surface area contributed by atoms with Gasteiger partial charge in [0.25, 0.3) is 0 Å². The van der Waals surface area contributed by atoms with Crippen molar-refractivity contribution in [3.63, 3.8) is 0 Å². The summed E-state index contributed by atoms with van der Waals surface area (Å²) in [5.74, 6) is -4.00. The monoisotopic (exact) mass is 407 g/mol. The van der Waals surface area contributed by atoms with Crippen molar-refractivity contribution in [1.29, 1.82) is 0 Å². The molecule has 0 bridgehead atoms. The second-order valence-corrected chi connectivity index (χ2v) is 7.88. The number of amides is 2. The highest BCUT2D eigenvalue weighted by atomic mass is 32.2. The summed E-state index contributed by atoms with van der Waals surface area (Å²) in [5.41, 5.74) is 5.31. The van der Waals surface area contributed by atoms with E-state index in [4.69, 9.17) is 15.9 Å². The normalized spacial score (nSPS) is 14.5. The Morgan fingerprint density at radius 3 is 2.30 bits per heavy atom.